The highest BCUT2D eigenvalue weighted by atomic mass is 35.5. The lowest BCUT2D eigenvalue weighted by molar-refractivity contribution is -0.274. The molecular weight excluding hydrogens is 502 g/mol. The number of carboxylic acid groups (broad SMARTS) is 1. The first-order chi connectivity index (χ1) is 16.8. The molecular formula is C26H22ClF4NO4. The molecule has 36 heavy (non-hydrogen) atoms. The minimum atomic E-state index is -5.05. The summed E-state index contributed by atoms with van der Waals surface area (Å²) in [5, 5.41) is 20.1. The number of aliphatic hydroxyl groups is 1. The van der Waals surface area contributed by atoms with Crippen LogP contribution in [0.3, 0.4) is 0 Å². The number of fused-ring (bicyclic) bond motifs is 1. The monoisotopic (exact) mass is 523 g/mol. The van der Waals surface area contributed by atoms with E-state index in [4.69, 9.17) is 21.4 Å². The Morgan fingerprint density at radius 1 is 1.08 bits per heavy atom. The topological polar surface area (TPSA) is 70.0 Å². The highest BCUT2D eigenvalue weighted by Crippen LogP contribution is 2.51. The molecule has 1 aliphatic heterocycles. The third-order valence-electron chi connectivity index (χ3n) is 6.55. The summed E-state index contributed by atoms with van der Waals surface area (Å²) >= 11 is 6.38. The van der Waals surface area contributed by atoms with Gasteiger partial charge in [0.1, 0.15) is 18.2 Å². The van der Waals surface area contributed by atoms with E-state index in [1.807, 2.05) is 0 Å². The van der Waals surface area contributed by atoms with Gasteiger partial charge in [0.05, 0.1) is 17.8 Å². The van der Waals surface area contributed by atoms with E-state index in [1.54, 1.807) is 11.9 Å². The minimum absolute atomic E-state index is 0.0326. The lowest BCUT2D eigenvalue weighted by Crippen LogP contribution is -2.46. The average molecular weight is 524 g/mol. The van der Waals surface area contributed by atoms with Gasteiger partial charge >= 0.3 is 12.1 Å². The number of rotatable bonds is 5. The maximum absolute atomic E-state index is 14.5. The Kier molecular flexibility index (Phi) is 6.66. The summed E-state index contributed by atoms with van der Waals surface area (Å²) in [5.41, 5.74) is -3.01. The van der Waals surface area contributed by atoms with Crippen molar-refractivity contribution in [2.45, 2.75) is 24.6 Å². The van der Waals surface area contributed by atoms with Crippen molar-refractivity contribution in [3.8, 4) is 16.9 Å². The highest BCUT2D eigenvalue weighted by Gasteiger charge is 2.59. The van der Waals surface area contributed by atoms with E-state index in [-0.39, 0.29) is 16.1 Å². The van der Waals surface area contributed by atoms with Gasteiger partial charge in [-0.3, -0.25) is 0 Å². The van der Waals surface area contributed by atoms with Crippen molar-refractivity contribution >= 4 is 23.3 Å². The van der Waals surface area contributed by atoms with E-state index < -0.39 is 35.0 Å². The Hall–Kier alpha value is -3.30. The molecule has 0 spiro atoms. The van der Waals surface area contributed by atoms with Crippen LogP contribution in [0.4, 0.5) is 23.2 Å². The number of alkyl halides is 3. The van der Waals surface area contributed by atoms with E-state index >= 15 is 0 Å². The van der Waals surface area contributed by atoms with Gasteiger partial charge in [0.2, 0.25) is 0 Å². The summed E-state index contributed by atoms with van der Waals surface area (Å²) in [7, 11) is 1.72. The van der Waals surface area contributed by atoms with Gasteiger partial charge in [-0.2, -0.15) is 13.2 Å². The third-order valence-corrected chi connectivity index (χ3v) is 6.88. The largest absolute Gasteiger partial charge is 0.490 e. The first-order valence-corrected chi connectivity index (χ1v) is 11.3. The first-order valence-electron chi connectivity index (χ1n) is 10.9. The number of hydrogen-bond acceptors (Lipinski definition) is 4. The lowest BCUT2D eigenvalue weighted by atomic mass is 9.77. The Morgan fingerprint density at radius 2 is 1.75 bits per heavy atom. The molecule has 0 amide bonds. The Morgan fingerprint density at radius 3 is 2.36 bits per heavy atom. The number of carboxylic acids is 1. The van der Waals surface area contributed by atoms with Crippen LogP contribution in [0.15, 0.2) is 54.6 Å². The Balaban J connectivity index is 1.75. The van der Waals surface area contributed by atoms with Crippen molar-refractivity contribution in [1.29, 1.82) is 0 Å². The molecule has 190 valence electrons. The van der Waals surface area contributed by atoms with Crippen molar-refractivity contribution in [1.82, 2.24) is 0 Å². The van der Waals surface area contributed by atoms with E-state index in [1.165, 1.54) is 49.4 Å². The molecule has 3 aromatic rings. The zero-order chi connectivity index (χ0) is 26.4. The Labute approximate surface area is 209 Å². The van der Waals surface area contributed by atoms with E-state index in [0.29, 0.717) is 35.7 Å². The standard InChI is InChI=1S/C26H22ClF4NO4/c1-14(18-6-3-15(11-20(18)27)16-4-7-19(24(33)34)21(28)12-16)25(35,26(29,30)31)17-5-8-23-22(13-17)32(2)9-10-36-23/h3-8,11-14,35H,9-10H2,1-2H3,(H,33,34)/t14-,25-/m1/s1. The normalized spacial score (nSPS) is 16.1. The Bertz CT molecular complexity index is 1330. The van der Waals surface area contributed by atoms with Crippen molar-refractivity contribution in [2.75, 3.05) is 25.1 Å². The van der Waals surface area contributed by atoms with Gasteiger partial charge in [0, 0.05) is 18.0 Å². The molecule has 5 nitrogen and oxygen atoms in total. The summed E-state index contributed by atoms with van der Waals surface area (Å²) in [4.78, 5) is 12.8. The molecule has 0 fully saturated rings. The third kappa shape index (κ3) is 4.37. The number of hydrogen-bond donors (Lipinski definition) is 2. The minimum Gasteiger partial charge on any atom is -0.490 e. The van der Waals surface area contributed by atoms with Gasteiger partial charge in [0.15, 0.2) is 5.60 Å². The number of nitrogens with zero attached hydrogens (tertiary/aromatic N) is 1. The molecule has 2 atom stereocenters. The van der Waals surface area contributed by atoms with Crippen LogP contribution in [0.2, 0.25) is 5.02 Å². The van der Waals surface area contributed by atoms with Gasteiger partial charge in [-0.1, -0.05) is 42.8 Å². The molecule has 1 heterocycles. The van der Waals surface area contributed by atoms with Crippen LogP contribution < -0.4 is 9.64 Å². The fourth-order valence-corrected chi connectivity index (χ4v) is 4.74. The molecule has 0 aromatic heterocycles. The van der Waals surface area contributed by atoms with Gasteiger partial charge in [-0.15, -0.1) is 0 Å². The van der Waals surface area contributed by atoms with Crippen LogP contribution in [0.25, 0.3) is 11.1 Å². The van der Waals surface area contributed by atoms with E-state index in [2.05, 4.69) is 0 Å². The fourth-order valence-electron chi connectivity index (χ4n) is 4.40. The quantitative estimate of drug-likeness (QED) is 0.388. The summed E-state index contributed by atoms with van der Waals surface area (Å²) in [6.07, 6.45) is -5.05. The molecule has 0 aliphatic carbocycles. The summed E-state index contributed by atoms with van der Waals surface area (Å²) in [6, 6.07) is 11.5. The number of likely N-dealkylation sites (N-methyl/N-ethyl adjacent to an activating group) is 1. The van der Waals surface area contributed by atoms with Crippen molar-refractivity contribution in [3.63, 3.8) is 0 Å². The van der Waals surface area contributed by atoms with Crippen molar-refractivity contribution in [3.05, 3.63) is 82.1 Å². The zero-order valence-corrected chi connectivity index (χ0v) is 20.0. The predicted molar refractivity (Wildman–Crippen MR) is 127 cm³/mol. The van der Waals surface area contributed by atoms with Gasteiger partial charge in [-0.25, -0.2) is 9.18 Å². The second-order valence-corrected chi connectivity index (χ2v) is 9.08. The number of carbonyl (C=O) groups is 1. The van der Waals surface area contributed by atoms with Crippen LogP contribution >= 0.6 is 11.6 Å². The molecule has 0 unspecified atom stereocenters. The summed E-state index contributed by atoms with van der Waals surface area (Å²) < 4.78 is 63.0. The molecule has 0 saturated heterocycles. The van der Waals surface area contributed by atoms with Crippen molar-refractivity contribution in [2.24, 2.45) is 0 Å². The summed E-state index contributed by atoms with van der Waals surface area (Å²) in [6.45, 7) is 2.11. The summed E-state index contributed by atoms with van der Waals surface area (Å²) in [5.74, 6) is -3.47. The van der Waals surface area contributed by atoms with Crippen LogP contribution in [0, 0.1) is 5.82 Å². The SMILES string of the molecule is C[C@H](c1ccc(-c2ccc(C(=O)O)c(F)c2)cc1Cl)[C@@](O)(c1ccc2c(c1)N(C)CCO2)C(F)(F)F. The molecule has 0 bridgehead atoms. The smallest absolute Gasteiger partial charge is 0.422 e. The van der Waals surface area contributed by atoms with Crippen LogP contribution in [-0.4, -0.2) is 42.6 Å². The average Bonchev–Trinajstić information content (AvgIpc) is 2.82. The van der Waals surface area contributed by atoms with E-state index in [0.717, 1.165) is 12.1 Å². The number of halogens is 5. The van der Waals surface area contributed by atoms with Crippen LogP contribution in [0.1, 0.15) is 34.3 Å². The van der Waals surface area contributed by atoms with Gasteiger partial charge in [-0.05, 0) is 52.6 Å². The molecule has 2 N–H and O–H groups in total. The first kappa shape index (κ1) is 25.8. The fraction of sp³-hybridized carbons (Fsp3) is 0.269. The second kappa shape index (κ2) is 9.29. The lowest BCUT2D eigenvalue weighted by Gasteiger charge is -2.38. The predicted octanol–water partition coefficient (Wildman–Crippen LogP) is 6.23. The molecule has 3 aromatic carbocycles. The van der Waals surface area contributed by atoms with Crippen molar-refractivity contribution < 1.29 is 37.3 Å². The molecule has 0 radical (unpaired) electrons. The maximum atomic E-state index is 14.5. The molecule has 4 rings (SSSR count). The highest BCUT2D eigenvalue weighted by molar-refractivity contribution is 6.31. The van der Waals surface area contributed by atoms with Crippen LogP contribution in [0.5, 0.6) is 5.75 Å². The van der Waals surface area contributed by atoms with E-state index in [9.17, 15) is 27.5 Å². The maximum Gasteiger partial charge on any atom is 0.422 e. The van der Waals surface area contributed by atoms with Crippen LogP contribution in [-0.2, 0) is 5.60 Å². The number of aromatic carboxylic acids is 1. The molecule has 0 saturated carbocycles. The van der Waals surface area contributed by atoms with Gasteiger partial charge < -0.3 is 19.8 Å². The second-order valence-electron chi connectivity index (χ2n) is 8.67. The number of ether oxygens (including phenoxy) is 1. The molecule has 1 aliphatic rings. The molecule has 10 heteroatoms. The van der Waals surface area contributed by atoms with Gasteiger partial charge in [0.25, 0.3) is 0 Å². The number of benzene rings is 3. The number of anilines is 1. The zero-order valence-electron chi connectivity index (χ0n) is 19.2.